The van der Waals surface area contributed by atoms with Crippen LogP contribution in [0.4, 0.5) is 0 Å². The van der Waals surface area contributed by atoms with Crippen molar-refractivity contribution >= 4 is 17.9 Å². The van der Waals surface area contributed by atoms with E-state index in [1.807, 2.05) is 0 Å². The van der Waals surface area contributed by atoms with E-state index in [4.69, 9.17) is 14.2 Å². The average molecular weight is 905 g/mol. The molecule has 0 aromatic heterocycles. The third-order valence-electron chi connectivity index (χ3n) is 11.4. The van der Waals surface area contributed by atoms with Crippen LogP contribution in [0.2, 0.25) is 0 Å². The lowest BCUT2D eigenvalue weighted by atomic mass is 10.0. The minimum atomic E-state index is -0.802. The van der Waals surface area contributed by atoms with E-state index in [-0.39, 0.29) is 37.5 Å². The molecule has 0 aromatic carbocycles. The van der Waals surface area contributed by atoms with E-state index in [1.165, 1.54) is 109 Å². The zero-order valence-corrected chi connectivity index (χ0v) is 42.5. The Hall–Kier alpha value is -3.41. The van der Waals surface area contributed by atoms with Crippen LogP contribution < -0.4 is 0 Å². The molecule has 0 N–H and O–H groups in total. The van der Waals surface area contributed by atoms with Crippen LogP contribution in [0.3, 0.4) is 0 Å². The molecular weight excluding hydrogens is 805 g/mol. The molecular formula is C59H100O6. The Morgan fingerprint density at radius 2 is 0.600 bits per heavy atom. The fraction of sp³-hybridized carbons (Fsp3) is 0.712. The van der Waals surface area contributed by atoms with E-state index in [1.54, 1.807) is 0 Å². The van der Waals surface area contributed by atoms with Gasteiger partial charge in [-0.15, -0.1) is 0 Å². The number of ether oxygens (including phenoxy) is 3. The normalized spacial score (nSPS) is 12.7. The minimum Gasteiger partial charge on any atom is -0.462 e. The number of hydrogen-bond donors (Lipinski definition) is 0. The maximum absolute atomic E-state index is 12.8. The highest BCUT2D eigenvalue weighted by Crippen LogP contribution is 2.15. The number of carbonyl (C=O) groups is 3. The van der Waals surface area contributed by atoms with E-state index in [9.17, 15) is 14.4 Å². The zero-order valence-electron chi connectivity index (χ0n) is 42.5. The highest BCUT2D eigenvalue weighted by atomic mass is 16.6. The third-order valence-corrected chi connectivity index (χ3v) is 11.4. The number of hydrogen-bond acceptors (Lipinski definition) is 6. The first-order valence-corrected chi connectivity index (χ1v) is 27.1. The minimum absolute atomic E-state index is 0.0962. The summed E-state index contributed by atoms with van der Waals surface area (Å²) in [7, 11) is 0. The van der Waals surface area contributed by atoms with Crippen LogP contribution in [0.15, 0.2) is 85.1 Å². The van der Waals surface area contributed by atoms with Gasteiger partial charge in [0.05, 0.1) is 0 Å². The standard InChI is InChI=1S/C59H100O6/c1-4-7-10-13-16-19-22-25-27-28-29-30-32-34-37-40-43-46-49-52-58(61)64-55-56(54-63-57(60)51-48-45-42-39-36-33-24-21-18-15-12-9-6-3)65-59(62)53-50-47-44-41-38-35-31-26-23-20-17-14-11-8-5-2/h8,11,16-17,19-20,25-27,29-31,38,41,56H,4-7,9-10,12-15,18,21-24,28,32-37,39-40,42-55H2,1-3H3/b11-8-,19-16-,20-17-,27-25-,30-29-,31-26-,41-38-. The van der Waals surface area contributed by atoms with Gasteiger partial charge >= 0.3 is 17.9 Å². The van der Waals surface area contributed by atoms with E-state index in [2.05, 4.69) is 106 Å². The quantitative estimate of drug-likeness (QED) is 0.0262. The lowest BCUT2D eigenvalue weighted by Crippen LogP contribution is -2.30. The van der Waals surface area contributed by atoms with Crippen molar-refractivity contribution in [3.05, 3.63) is 85.1 Å². The molecule has 1 unspecified atom stereocenters. The second-order valence-electron chi connectivity index (χ2n) is 17.8. The van der Waals surface area contributed by atoms with Gasteiger partial charge in [-0.3, -0.25) is 14.4 Å². The SMILES string of the molecule is CC/C=C\C/C=C\C/C=C\C/C=C\CCCCC(=O)OC(COC(=O)CCCCCCCC/C=C\C/C=C\C/C=C\CCCCC)COC(=O)CCCCCCCCCCCCCCC. The van der Waals surface area contributed by atoms with Crippen LogP contribution in [-0.2, 0) is 28.6 Å². The fourth-order valence-corrected chi connectivity index (χ4v) is 7.32. The molecule has 65 heavy (non-hydrogen) atoms. The first-order valence-electron chi connectivity index (χ1n) is 27.1. The van der Waals surface area contributed by atoms with Crippen molar-refractivity contribution in [1.82, 2.24) is 0 Å². The predicted octanol–water partition coefficient (Wildman–Crippen LogP) is 18.0. The first kappa shape index (κ1) is 61.6. The molecule has 0 spiro atoms. The molecule has 1 atom stereocenters. The number of rotatable bonds is 48. The van der Waals surface area contributed by atoms with Crippen LogP contribution in [-0.4, -0.2) is 37.2 Å². The maximum atomic E-state index is 12.8. The molecule has 6 heteroatoms. The van der Waals surface area contributed by atoms with Crippen molar-refractivity contribution in [2.24, 2.45) is 0 Å². The molecule has 372 valence electrons. The van der Waals surface area contributed by atoms with Crippen molar-refractivity contribution in [1.29, 1.82) is 0 Å². The molecule has 0 bridgehead atoms. The molecule has 0 aliphatic carbocycles. The lowest BCUT2D eigenvalue weighted by molar-refractivity contribution is -0.167. The Morgan fingerprint density at radius 1 is 0.323 bits per heavy atom. The smallest absolute Gasteiger partial charge is 0.306 e. The molecule has 0 fully saturated rings. The fourth-order valence-electron chi connectivity index (χ4n) is 7.32. The summed E-state index contributed by atoms with van der Waals surface area (Å²) in [5, 5.41) is 0. The summed E-state index contributed by atoms with van der Waals surface area (Å²) >= 11 is 0. The Bertz CT molecular complexity index is 1270. The van der Waals surface area contributed by atoms with Gasteiger partial charge in [-0.05, 0) is 96.3 Å². The van der Waals surface area contributed by atoms with Gasteiger partial charge < -0.3 is 14.2 Å². The van der Waals surface area contributed by atoms with E-state index < -0.39 is 6.10 Å². The molecule has 0 rings (SSSR count). The predicted molar refractivity (Wildman–Crippen MR) is 279 cm³/mol. The molecule has 0 aromatic rings. The van der Waals surface area contributed by atoms with Crippen molar-refractivity contribution in [2.45, 2.75) is 258 Å². The van der Waals surface area contributed by atoms with Gasteiger partial charge in [-0.2, -0.15) is 0 Å². The Morgan fingerprint density at radius 3 is 1.00 bits per heavy atom. The van der Waals surface area contributed by atoms with Gasteiger partial charge in [0.2, 0.25) is 0 Å². The van der Waals surface area contributed by atoms with Gasteiger partial charge in [-0.25, -0.2) is 0 Å². The topological polar surface area (TPSA) is 78.9 Å². The molecule has 0 aliphatic heterocycles. The maximum Gasteiger partial charge on any atom is 0.306 e. The van der Waals surface area contributed by atoms with Gasteiger partial charge in [-0.1, -0.05) is 221 Å². The number of allylic oxidation sites excluding steroid dienone is 14. The highest BCUT2D eigenvalue weighted by molar-refractivity contribution is 5.71. The highest BCUT2D eigenvalue weighted by Gasteiger charge is 2.19. The van der Waals surface area contributed by atoms with Crippen molar-refractivity contribution in [2.75, 3.05) is 13.2 Å². The van der Waals surface area contributed by atoms with Crippen molar-refractivity contribution in [3.63, 3.8) is 0 Å². The molecule has 6 nitrogen and oxygen atoms in total. The average Bonchev–Trinajstić information content (AvgIpc) is 3.30. The summed E-state index contributed by atoms with van der Waals surface area (Å²) < 4.78 is 16.8. The first-order chi connectivity index (χ1) is 32.0. The Labute approximate surface area is 401 Å². The van der Waals surface area contributed by atoms with Gasteiger partial charge in [0.15, 0.2) is 6.10 Å². The Balaban J connectivity index is 4.45. The van der Waals surface area contributed by atoms with Crippen LogP contribution >= 0.6 is 0 Å². The molecule has 0 saturated heterocycles. The number of unbranched alkanes of at least 4 members (excludes halogenated alkanes) is 23. The van der Waals surface area contributed by atoms with Crippen molar-refractivity contribution in [3.8, 4) is 0 Å². The molecule has 0 radical (unpaired) electrons. The number of carbonyl (C=O) groups excluding carboxylic acids is 3. The van der Waals surface area contributed by atoms with Crippen LogP contribution in [0, 0.1) is 0 Å². The van der Waals surface area contributed by atoms with Gasteiger partial charge in [0.1, 0.15) is 13.2 Å². The summed E-state index contributed by atoms with van der Waals surface area (Å²) in [4.78, 5) is 38.0. The summed E-state index contributed by atoms with van der Waals surface area (Å²) in [6.45, 7) is 6.45. The van der Waals surface area contributed by atoms with Crippen LogP contribution in [0.25, 0.3) is 0 Å². The van der Waals surface area contributed by atoms with Crippen LogP contribution in [0.5, 0.6) is 0 Å². The van der Waals surface area contributed by atoms with E-state index >= 15 is 0 Å². The molecule has 0 aliphatic rings. The van der Waals surface area contributed by atoms with Gasteiger partial charge in [0, 0.05) is 19.3 Å². The summed E-state index contributed by atoms with van der Waals surface area (Å²) in [6, 6.07) is 0. The molecule has 0 saturated carbocycles. The summed E-state index contributed by atoms with van der Waals surface area (Å²) in [5.41, 5.74) is 0. The lowest BCUT2D eigenvalue weighted by Gasteiger charge is -2.18. The second kappa shape index (κ2) is 53.2. The summed E-state index contributed by atoms with van der Waals surface area (Å²) in [5.74, 6) is -0.949. The second-order valence-corrected chi connectivity index (χ2v) is 17.8. The van der Waals surface area contributed by atoms with Gasteiger partial charge in [0.25, 0.3) is 0 Å². The molecule has 0 amide bonds. The monoisotopic (exact) mass is 905 g/mol. The van der Waals surface area contributed by atoms with E-state index in [0.717, 1.165) is 96.3 Å². The van der Waals surface area contributed by atoms with Crippen molar-refractivity contribution < 1.29 is 28.6 Å². The zero-order chi connectivity index (χ0) is 47.2. The largest absolute Gasteiger partial charge is 0.462 e. The number of esters is 3. The third kappa shape index (κ3) is 51.4. The van der Waals surface area contributed by atoms with E-state index in [0.29, 0.717) is 19.3 Å². The molecule has 0 heterocycles. The Kier molecular flexibility index (Phi) is 50.4. The van der Waals surface area contributed by atoms with Crippen LogP contribution in [0.1, 0.15) is 252 Å². The summed E-state index contributed by atoms with van der Waals surface area (Å²) in [6.07, 6.45) is 68.5.